The first-order valence-electron chi connectivity index (χ1n) is 7.54. The number of thioether (sulfide) groups is 1. The van der Waals surface area contributed by atoms with Crippen LogP contribution >= 0.6 is 11.8 Å². The highest BCUT2D eigenvalue weighted by Gasteiger charge is 2.53. The summed E-state index contributed by atoms with van der Waals surface area (Å²) in [5.74, 6) is 0.250. The molecule has 122 valence electrons. The molecule has 0 aliphatic carbocycles. The number of ether oxygens (including phenoxy) is 2. The van der Waals surface area contributed by atoms with Gasteiger partial charge in [0.1, 0.15) is 22.7 Å². The van der Waals surface area contributed by atoms with Gasteiger partial charge < -0.3 is 15.2 Å². The van der Waals surface area contributed by atoms with Crippen LogP contribution in [0.25, 0.3) is 0 Å². The predicted molar refractivity (Wildman–Crippen MR) is 82.9 cm³/mol. The van der Waals surface area contributed by atoms with Crippen molar-refractivity contribution in [3.63, 3.8) is 0 Å². The van der Waals surface area contributed by atoms with E-state index in [0.717, 1.165) is 12.0 Å². The number of hydrogen-bond acceptors (Lipinski definition) is 6. The minimum absolute atomic E-state index is 0.152. The van der Waals surface area contributed by atoms with Gasteiger partial charge in [0.2, 0.25) is 5.91 Å². The number of nitrogens with two attached hydrogens (primary N) is 1. The van der Waals surface area contributed by atoms with Crippen LogP contribution in [0.1, 0.15) is 27.2 Å². The standard InChI is InChI=1S/C15H22N2O4S/c1-15(2,3)21-14(19)11-9(8-4-5-20-6-8)7-22-13-10(16)12(18)17(11)13/h8,10,13H,4-7,16H2,1-3H3/t8?,10-,13-/m1/s1. The van der Waals surface area contributed by atoms with Crippen molar-refractivity contribution in [2.45, 2.75) is 44.2 Å². The molecule has 0 aromatic heterocycles. The van der Waals surface area contributed by atoms with Gasteiger partial charge in [-0.1, -0.05) is 0 Å². The van der Waals surface area contributed by atoms with Gasteiger partial charge in [-0.25, -0.2) is 4.79 Å². The molecule has 2 N–H and O–H groups in total. The Morgan fingerprint density at radius 2 is 2.18 bits per heavy atom. The maximum absolute atomic E-state index is 12.7. The fraction of sp³-hybridized carbons (Fsp3) is 0.733. The van der Waals surface area contributed by atoms with Crippen LogP contribution in [0.2, 0.25) is 0 Å². The fourth-order valence-corrected chi connectivity index (χ4v) is 4.38. The summed E-state index contributed by atoms with van der Waals surface area (Å²) in [5.41, 5.74) is 6.62. The molecule has 0 aromatic carbocycles. The second kappa shape index (κ2) is 5.54. The average molecular weight is 326 g/mol. The molecular weight excluding hydrogens is 304 g/mol. The number of amides is 1. The Balaban J connectivity index is 1.95. The molecule has 0 bridgehead atoms. The highest BCUT2D eigenvalue weighted by molar-refractivity contribution is 8.00. The lowest BCUT2D eigenvalue weighted by Crippen LogP contribution is -2.68. The lowest BCUT2D eigenvalue weighted by atomic mass is 9.94. The van der Waals surface area contributed by atoms with E-state index in [9.17, 15) is 9.59 Å². The molecule has 0 radical (unpaired) electrons. The van der Waals surface area contributed by atoms with E-state index in [2.05, 4.69) is 0 Å². The van der Waals surface area contributed by atoms with E-state index in [0.29, 0.717) is 24.7 Å². The first kappa shape index (κ1) is 15.8. The summed E-state index contributed by atoms with van der Waals surface area (Å²) in [6, 6.07) is -0.524. The third kappa shape index (κ3) is 2.66. The SMILES string of the molecule is CC(C)(C)OC(=O)C1=C(C2CCOC2)CS[C@@H]2[C@H](N)C(=O)N12. The van der Waals surface area contributed by atoms with Gasteiger partial charge in [-0.15, -0.1) is 11.8 Å². The zero-order valence-corrected chi connectivity index (χ0v) is 13.9. The van der Waals surface area contributed by atoms with E-state index in [1.165, 1.54) is 4.90 Å². The smallest absolute Gasteiger partial charge is 0.355 e. The van der Waals surface area contributed by atoms with Gasteiger partial charge in [0.15, 0.2) is 0 Å². The number of carbonyl (C=O) groups excluding carboxylic acids is 2. The Morgan fingerprint density at radius 3 is 2.77 bits per heavy atom. The van der Waals surface area contributed by atoms with Crippen LogP contribution in [-0.2, 0) is 19.1 Å². The predicted octanol–water partition coefficient (Wildman–Crippen LogP) is 0.861. The normalized spacial score (nSPS) is 31.9. The summed E-state index contributed by atoms with van der Waals surface area (Å²) < 4.78 is 11.0. The summed E-state index contributed by atoms with van der Waals surface area (Å²) in [7, 11) is 0. The van der Waals surface area contributed by atoms with Crippen LogP contribution in [0.15, 0.2) is 11.3 Å². The molecule has 3 heterocycles. The fourth-order valence-electron chi connectivity index (χ4n) is 2.98. The first-order valence-corrected chi connectivity index (χ1v) is 8.59. The molecule has 3 atom stereocenters. The number of carbonyl (C=O) groups is 2. The highest BCUT2D eigenvalue weighted by Crippen LogP contribution is 2.43. The molecule has 22 heavy (non-hydrogen) atoms. The van der Waals surface area contributed by atoms with Crippen LogP contribution in [0.4, 0.5) is 0 Å². The van der Waals surface area contributed by atoms with E-state index in [4.69, 9.17) is 15.2 Å². The van der Waals surface area contributed by atoms with E-state index >= 15 is 0 Å². The number of nitrogens with zero attached hydrogens (tertiary/aromatic N) is 1. The van der Waals surface area contributed by atoms with Crippen molar-refractivity contribution in [3.05, 3.63) is 11.3 Å². The second-order valence-corrected chi connectivity index (χ2v) is 7.98. The summed E-state index contributed by atoms with van der Waals surface area (Å²) >= 11 is 1.62. The number of fused-ring (bicyclic) bond motifs is 1. The van der Waals surface area contributed by atoms with E-state index < -0.39 is 17.6 Å². The number of esters is 1. The van der Waals surface area contributed by atoms with Crippen LogP contribution in [-0.4, -0.2) is 52.8 Å². The van der Waals surface area contributed by atoms with Gasteiger partial charge in [-0.05, 0) is 32.8 Å². The highest BCUT2D eigenvalue weighted by atomic mass is 32.2. The van der Waals surface area contributed by atoms with Crippen molar-refractivity contribution in [3.8, 4) is 0 Å². The van der Waals surface area contributed by atoms with Gasteiger partial charge in [-0.2, -0.15) is 0 Å². The topological polar surface area (TPSA) is 81.9 Å². The van der Waals surface area contributed by atoms with Crippen LogP contribution in [0, 0.1) is 5.92 Å². The van der Waals surface area contributed by atoms with Crippen molar-refractivity contribution in [2.75, 3.05) is 19.0 Å². The molecular formula is C15H22N2O4S. The molecule has 0 aromatic rings. The monoisotopic (exact) mass is 326 g/mol. The number of rotatable bonds is 2. The zero-order chi connectivity index (χ0) is 16.1. The third-order valence-electron chi connectivity index (χ3n) is 4.05. The second-order valence-electron chi connectivity index (χ2n) is 6.87. The number of hydrogen-bond donors (Lipinski definition) is 1. The molecule has 3 rings (SSSR count). The molecule has 1 unspecified atom stereocenters. The quantitative estimate of drug-likeness (QED) is 0.599. The van der Waals surface area contributed by atoms with E-state index in [1.807, 2.05) is 20.8 Å². The molecule has 0 saturated carbocycles. The molecule has 3 aliphatic heterocycles. The number of β-lactam (4-membered cyclic amide) rings is 1. The van der Waals surface area contributed by atoms with E-state index in [1.54, 1.807) is 11.8 Å². The summed E-state index contributed by atoms with van der Waals surface area (Å²) in [5, 5.41) is -0.152. The Morgan fingerprint density at radius 1 is 1.45 bits per heavy atom. The Hall–Kier alpha value is -1.05. The van der Waals surface area contributed by atoms with Crippen LogP contribution in [0.5, 0.6) is 0 Å². The van der Waals surface area contributed by atoms with Crippen molar-refractivity contribution >= 4 is 23.6 Å². The molecule has 0 spiro atoms. The van der Waals surface area contributed by atoms with Gasteiger partial charge in [0.25, 0.3) is 0 Å². The Bertz CT molecular complexity index is 534. The molecule has 7 heteroatoms. The molecule has 2 fully saturated rings. The largest absolute Gasteiger partial charge is 0.455 e. The van der Waals surface area contributed by atoms with Crippen LogP contribution < -0.4 is 5.73 Å². The Labute approximate surface area is 134 Å². The third-order valence-corrected chi connectivity index (χ3v) is 5.38. The van der Waals surface area contributed by atoms with Crippen molar-refractivity contribution in [1.29, 1.82) is 0 Å². The van der Waals surface area contributed by atoms with Crippen molar-refractivity contribution < 1.29 is 19.1 Å². The molecule has 6 nitrogen and oxygen atoms in total. The average Bonchev–Trinajstić information content (AvgIpc) is 2.97. The molecule has 1 amide bonds. The zero-order valence-electron chi connectivity index (χ0n) is 13.1. The van der Waals surface area contributed by atoms with Gasteiger partial charge in [0.05, 0.1) is 6.61 Å². The Kier molecular flexibility index (Phi) is 3.99. The lowest BCUT2D eigenvalue weighted by molar-refractivity contribution is -0.158. The maximum atomic E-state index is 12.7. The summed E-state index contributed by atoms with van der Waals surface area (Å²) in [6.45, 7) is 6.76. The van der Waals surface area contributed by atoms with E-state index in [-0.39, 0.29) is 17.2 Å². The van der Waals surface area contributed by atoms with Crippen LogP contribution in [0.3, 0.4) is 0 Å². The molecule has 2 saturated heterocycles. The lowest BCUT2D eigenvalue weighted by Gasteiger charge is -2.49. The van der Waals surface area contributed by atoms with Crippen molar-refractivity contribution in [2.24, 2.45) is 11.7 Å². The summed E-state index contributed by atoms with van der Waals surface area (Å²) in [6.07, 6.45) is 0.876. The van der Waals surface area contributed by atoms with Gasteiger partial charge in [0, 0.05) is 18.3 Å². The molecule has 3 aliphatic rings. The minimum atomic E-state index is -0.600. The van der Waals surface area contributed by atoms with Gasteiger partial charge >= 0.3 is 5.97 Å². The first-order chi connectivity index (χ1) is 10.3. The maximum Gasteiger partial charge on any atom is 0.355 e. The summed E-state index contributed by atoms with van der Waals surface area (Å²) in [4.78, 5) is 26.3. The van der Waals surface area contributed by atoms with Crippen molar-refractivity contribution in [1.82, 2.24) is 4.90 Å². The minimum Gasteiger partial charge on any atom is -0.455 e. The van der Waals surface area contributed by atoms with Gasteiger partial charge in [-0.3, -0.25) is 9.69 Å².